The van der Waals surface area contributed by atoms with Crippen molar-refractivity contribution in [3.63, 3.8) is 0 Å². The molecule has 1 amide bonds. The highest BCUT2D eigenvalue weighted by molar-refractivity contribution is 5.96. The number of hydrogen-bond donors (Lipinski definition) is 1. The van der Waals surface area contributed by atoms with Crippen LogP contribution in [0.2, 0.25) is 0 Å². The Bertz CT molecular complexity index is 929. The largest absolute Gasteiger partial charge is 0.378 e. The van der Waals surface area contributed by atoms with Gasteiger partial charge in [0, 0.05) is 44.6 Å². The molecule has 8 nitrogen and oxygen atoms in total. The molecule has 0 saturated carbocycles. The van der Waals surface area contributed by atoms with E-state index < -0.39 is 0 Å². The molecule has 154 valence electrons. The second-order valence-electron chi connectivity index (χ2n) is 8.26. The summed E-state index contributed by atoms with van der Waals surface area (Å²) in [5.74, 6) is 0.911. The minimum Gasteiger partial charge on any atom is -0.378 e. The number of carbonyl (C=O) groups excluding carboxylic acids is 1. The van der Waals surface area contributed by atoms with Gasteiger partial charge in [-0.05, 0) is 37.8 Å². The fraction of sp³-hybridized carbons (Fsp3) is 0.571. The van der Waals surface area contributed by atoms with E-state index in [0.29, 0.717) is 32.7 Å². The molecule has 0 radical (unpaired) electrons. The quantitative estimate of drug-likeness (QED) is 0.848. The highest BCUT2D eigenvalue weighted by Crippen LogP contribution is 2.42. The van der Waals surface area contributed by atoms with Crippen LogP contribution in [0.3, 0.4) is 0 Å². The van der Waals surface area contributed by atoms with Gasteiger partial charge in [-0.15, -0.1) is 0 Å². The highest BCUT2D eigenvalue weighted by atomic mass is 16.5. The molecule has 3 aliphatic rings. The molecule has 2 aromatic heterocycles. The third kappa shape index (κ3) is 3.25. The van der Waals surface area contributed by atoms with Crippen molar-refractivity contribution in [3.8, 4) is 0 Å². The standard InChI is InChI=1S/C21H27N5O3/c1-14-8-19-25(2)20(27)18(4-6-26(19)24-14)23-11-16-9-17-15(10-22-16)12-29-21(17)5-3-7-28-13-21/h8-10,18,23H,3-7,11-13H2,1-2H3/t18-,21?/m0/s1. The lowest BCUT2D eigenvalue weighted by Crippen LogP contribution is -2.44. The predicted octanol–water partition coefficient (Wildman–Crippen LogP) is 1.65. The summed E-state index contributed by atoms with van der Waals surface area (Å²) in [6.45, 7) is 5.19. The Hall–Kier alpha value is -2.29. The number of hydrogen-bond acceptors (Lipinski definition) is 6. The minimum absolute atomic E-state index is 0.0605. The fourth-order valence-corrected chi connectivity index (χ4v) is 4.66. The molecule has 1 fully saturated rings. The summed E-state index contributed by atoms with van der Waals surface area (Å²) in [5.41, 5.74) is 3.87. The van der Waals surface area contributed by atoms with Gasteiger partial charge in [-0.2, -0.15) is 5.10 Å². The summed E-state index contributed by atoms with van der Waals surface area (Å²) in [7, 11) is 1.81. The number of nitrogens with one attached hydrogen (secondary N) is 1. The number of anilines is 1. The molecule has 1 N–H and O–H groups in total. The van der Waals surface area contributed by atoms with Crippen molar-refractivity contribution >= 4 is 11.7 Å². The van der Waals surface area contributed by atoms with Crippen molar-refractivity contribution in [1.29, 1.82) is 0 Å². The summed E-state index contributed by atoms with van der Waals surface area (Å²) < 4.78 is 13.7. The van der Waals surface area contributed by atoms with Crippen LogP contribution in [0.4, 0.5) is 5.82 Å². The number of nitrogens with zero attached hydrogens (tertiary/aromatic N) is 4. The van der Waals surface area contributed by atoms with Gasteiger partial charge in [-0.3, -0.25) is 14.7 Å². The molecule has 29 heavy (non-hydrogen) atoms. The Morgan fingerprint density at radius 3 is 3.10 bits per heavy atom. The molecule has 8 heteroatoms. The van der Waals surface area contributed by atoms with E-state index in [1.165, 1.54) is 5.56 Å². The lowest BCUT2D eigenvalue weighted by Gasteiger charge is -2.33. The van der Waals surface area contributed by atoms with Crippen LogP contribution in [0.15, 0.2) is 18.3 Å². The number of pyridine rings is 1. The number of fused-ring (bicyclic) bond motifs is 3. The van der Waals surface area contributed by atoms with Crippen molar-refractivity contribution in [2.24, 2.45) is 0 Å². The Morgan fingerprint density at radius 2 is 2.28 bits per heavy atom. The highest BCUT2D eigenvalue weighted by Gasteiger charge is 2.42. The molecule has 3 aliphatic heterocycles. The number of ether oxygens (including phenoxy) is 2. The van der Waals surface area contributed by atoms with E-state index in [2.05, 4.69) is 21.5 Å². The molecular weight excluding hydrogens is 370 g/mol. The second-order valence-corrected chi connectivity index (χ2v) is 8.26. The van der Waals surface area contributed by atoms with E-state index in [1.54, 1.807) is 4.90 Å². The molecule has 0 bridgehead atoms. The summed E-state index contributed by atoms with van der Waals surface area (Å²) in [5, 5.41) is 7.91. The van der Waals surface area contributed by atoms with E-state index >= 15 is 0 Å². The maximum Gasteiger partial charge on any atom is 0.245 e. The Kier molecular flexibility index (Phi) is 4.64. The maximum atomic E-state index is 12.9. The van der Waals surface area contributed by atoms with Gasteiger partial charge in [0.15, 0.2) is 0 Å². The minimum atomic E-state index is -0.323. The molecule has 5 heterocycles. The first-order valence-corrected chi connectivity index (χ1v) is 10.3. The number of likely N-dealkylation sites (N-methyl/N-ethyl adjacent to an activating group) is 1. The lowest BCUT2D eigenvalue weighted by molar-refractivity contribution is -0.126. The van der Waals surface area contributed by atoms with E-state index in [-0.39, 0.29) is 17.6 Å². The van der Waals surface area contributed by atoms with Gasteiger partial charge < -0.3 is 14.8 Å². The summed E-state index contributed by atoms with van der Waals surface area (Å²) >= 11 is 0. The summed E-state index contributed by atoms with van der Waals surface area (Å²) in [4.78, 5) is 19.2. The molecule has 0 aliphatic carbocycles. The normalized spacial score (nSPS) is 26.5. The number of rotatable bonds is 3. The zero-order valence-electron chi connectivity index (χ0n) is 17.0. The fourth-order valence-electron chi connectivity index (χ4n) is 4.66. The van der Waals surface area contributed by atoms with Crippen LogP contribution in [-0.4, -0.2) is 47.0 Å². The maximum absolute atomic E-state index is 12.9. The number of amides is 1. The van der Waals surface area contributed by atoms with Gasteiger partial charge in [-0.1, -0.05) is 0 Å². The SMILES string of the molecule is Cc1cc2n(n1)CC[C@H](NCc1cc3c(cn1)COC31CCCOC1)C(=O)N2C. The van der Waals surface area contributed by atoms with Crippen molar-refractivity contribution in [1.82, 2.24) is 20.1 Å². The predicted molar refractivity (Wildman–Crippen MR) is 106 cm³/mol. The number of aromatic nitrogens is 3. The third-order valence-corrected chi connectivity index (χ3v) is 6.25. The zero-order valence-corrected chi connectivity index (χ0v) is 17.0. The van der Waals surface area contributed by atoms with Crippen LogP contribution in [0, 0.1) is 6.92 Å². The van der Waals surface area contributed by atoms with Crippen LogP contribution in [0.1, 0.15) is 41.8 Å². The van der Waals surface area contributed by atoms with Crippen molar-refractivity contribution < 1.29 is 14.3 Å². The van der Waals surface area contributed by atoms with Gasteiger partial charge in [0.1, 0.15) is 11.4 Å². The average molecular weight is 397 g/mol. The van der Waals surface area contributed by atoms with Crippen LogP contribution in [0.25, 0.3) is 0 Å². The zero-order chi connectivity index (χ0) is 20.0. The third-order valence-electron chi connectivity index (χ3n) is 6.25. The van der Waals surface area contributed by atoms with E-state index in [0.717, 1.165) is 42.2 Å². The first-order valence-electron chi connectivity index (χ1n) is 10.3. The molecule has 2 atom stereocenters. The summed E-state index contributed by atoms with van der Waals surface area (Å²) in [6, 6.07) is 3.82. The monoisotopic (exact) mass is 397 g/mol. The van der Waals surface area contributed by atoms with Crippen molar-refractivity contribution in [3.05, 3.63) is 40.8 Å². The van der Waals surface area contributed by atoms with E-state index in [4.69, 9.17) is 9.47 Å². The summed E-state index contributed by atoms with van der Waals surface area (Å²) in [6.07, 6.45) is 4.60. The first kappa shape index (κ1) is 18.7. The lowest BCUT2D eigenvalue weighted by atomic mass is 9.88. The van der Waals surface area contributed by atoms with Gasteiger partial charge in [-0.25, -0.2) is 4.68 Å². The molecule has 0 aromatic carbocycles. The Labute approximate surface area is 170 Å². The van der Waals surface area contributed by atoms with E-state index in [9.17, 15) is 4.79 Å². The Morgan fingerprint density at radius 1 is 1.38 bits per heavy atom. The number of aryl methyl sites for hydroxylation is 2. The van der Waals surface area contributed by atoms with Gasteiger partial charge in [0.05, 0.1) is 30.6 Å². The molecule has 5 rings (SSSR count). The van der Waals surface area contributed by atoms with Crippen LogP contribution in [-0.2, 0) is 39.6 Å². The molecule has 1 saturated heterocycles. The molecule has 2 aromatic rings. The van der Waals surface area contributed by atoms with Gasteiger partial charge in [0.25, 0.3) is 0 Å². The van der Waals surface area contributed by atoms with Crippen molar-refractivity contribution in [2.75, 3.05) is 25.2 Å². The average Bonchev–Trinajstić information content (AvgIpc) is 3.25. The first-order chi connectivity index (χ1) is 14.1. The van der Waals surface area contributed by atoms with Gasteiger partial charge in [0.2, 0.25) is 5.91 Å². The van der Waals surface area contributed by atoms with Gasteiger partial charge >= 0.3 is 0 Å². The number of carbonyl (C=O) groups is 1. The van der Waals surface area contributed by atoms with E-state index in [1.807, 2.05) is 30.9 Å². The molecular formula is C21H27N5O3. The van der Waals surface area contributed by atoms with Crippen LogP contribution >= 0.6 is 0 Å². The smallest absolute Gasteiger partial charge is 0.245 e. The van der Waals surface area contributed by atoms with Crippen LogP contribution < -0.4 is 10.2 Å². The Balaban J connectivity index is 1.30. The molecule has 1 spiro atoms. The molecule has 1 unspecified atom stereocenters. The second kappa shape index (κ2) is 7.19. The topological polar surface area (TPSA) is 81.5 Å². The van der Waals surface area contributed by atoms with Crippen molar-refractivity contribution in [2.45, 2.75) is 57.5 Å². The van der Waals surface area contributed by atoms with Crippen LogP contribution in [0.5, 0.6) is 0 Å².